The zero-order chi connectivity index (χ0) is 7.68. The van der Waals surface area contributed by atoms with Crippen LogP contribution in [0.15, 0.2) is 18.2 Å². The van der Waals surface area contributed by atoms with E-state index in [9.17, 15) is 0 Å². The molecule has 2 rings (SSSR count). The van der Waals surface area contributed by atoms with E-state index < -0.39 is 22.0 Å². The molecule has 2 nitrogen and oxygen atoms in total. The summed E-state index contributed by atoms with van der Waals surface area (Å²) in [6, 6.07) is 6.23. The van der Waals surface area contributed by atoms with Crippen LogP contribution in [0.25, 0.3) is 0 Å². The van der Waals surface area contributed by atoms with Gasteiger partial charge in [-0.05, 0) is 0 Å². The van der Waals surface area contributed by atoms with Crippen molar-refractivity contribution >= 4 is 22.0 Å². The van der Waals surface area contributed by atoms with E-state index >= 15 is 0 Å². The molecule has 1 aromatic rings. The van der Waals surface area contributed by atoms with Gasteiger partial charge in [-0.1, -0.05) is 0 Å². The summed E-state index contributed by atoms with van der Waals surface area (Å²) in [5.41, 5.74) is 2.46. The third-order valence-corrected chi connectivity index (χ3v) is 3.27. The first-order chi connectivity index (χ1) is 5.36. The summed E-state index contributed by atoms with van der Waals surface area (Å²) in [4.78, 5) is 0. The molecule has 0 fully saturated rings. The zero-order valence-electron chi connectivity index (χ0n) is 6.26. The Morgan fingerprint density at radius 2 is 2.36 bits per heavy atom. The van der Waals surface area contributed by atoms with Crippen molar-refractivity contribution in [1.82, 2.24) is 0 Å². The quantitative estimate of drug-likeness (QED) is 0.653. The van der Waals surface area contributed by atoms with Crippen LogP contribution in [-0.4, -0.2) is 22.0 Å². The van der Waals surface area contributed by atoms with Crippen molar-refractivity contribution in [2.45, 2.75) is 13.5 Å². The molecule has 11 heavy (non-hydrogen) atoms. The number of rotatable bonds is 0. The van der Waals surface area contributed by atoms with Gasteiger partial charge in [0, 0.05) is 0 Å². The Morgan fingerprint density at radius 3 is 3.27 bits per heavy atom. The van der Waals surface area contributed by atoms with E-state index in [0.29, 0.717) is 0 Å². The van der Waals surface area contributed by atoms with Crippen LogP contribution in [0.5, 0.6) is 5.75 Å². The second-order valence-electron chi connectivity index (χ2n) is 2.59. The Morgan fingerprint density at radius 1 is 1.45 bits per heavy atom. The average molecular weight is 255 g/mol. The van der Waals surface area contributed by atoms with Crippen LogP contribution >= 0.6 is 0 Å². The number of benzene rings is 1. The fourth-order valence-corrected chi connectivity index (χ4v) is 2.71. The molecule has 0 atom stereocenters. The fourth-order valence-electron chi connectivity index (χ4n) is 1.10. The monoisotopic (exact) mass is 256 g/mol. The fraction of sp³-hybridized carbons (Fsp3) is 0.250. The van der Waals surface area contributed by atoms with E-state index in [1.165, 1.54) is 11.1 Å². The zero-order valence-corrected chi connectivity index (χ0v) is 9.11. The summed E-state index contributed by atoms with van der Waals surface area (Å²) < 4.78 is 10.7. The van der Waals surface area contributed by atoms with Crippen molar-refractivity contribution in [2.75, 3.05) is 0 Å². The summed E-state index contributed by atoms with van der Waals surface area (Å²) in [7, 11) is 0. The molecular formula is C8H8O2Sn. The van der Waals surface area contributed by atoms with E-state index in [2.05, 4.69) is 19.1 Å². The van der Waals surface area contributed by atoms with Crippen molar-refractivity contribution in [3.8, 4) is 5.75 Å². The van der Waals surface area contributed by atoms with Crippen LogP contribution in [0, 0.1) is 6.92 Å². The molecule has 0 saturated carbocycles. The number of hydrogen-bond donors (Lipinski definition) is 0. The Hall–Kier alpha value is -0.221. The van der Waals surface area contributed by atoms with Gasteiger partial charge in [0.25, 0.3) is 0 Å². The molecule has 0 unspecified atom stereocenters. The molecule has 0 aliphatic carbocycles. The first-order valence-corrected chi connectivity index (χ1v) is 5.82. The van der Waals surface area contributed by atoms with Crippen molar-refractivity contribution in [2.24, 2.45) is 0 Å². The molecule has 0 saturated heterocycles. The number of hydrogen-bond acceptors (Lipinski definition) is 2. The van der Waals surface area contributed by atoms with Crippen LogP contribution < -0.4 is 3.07 Å². The maximum absolute atomic E-state index is 5.43. The first kappa shape index (κ1) is 7.43. The molecule has 0 bridgehead atoms. The summed E-state index contributed by atoms with van der Waals surface area (Å²) in [5, 5.41) is 0. The van der Waals surface area contributed by atoms with Gasteiger partial charge in [-0.25, -0.2) is 0 Å². The van der Waals surface area contributed by atoms with Crippen LogP contribution in [0.2, 0.25) is 0 Å². The molecule has 1 aliphatic rings. The van der Waals surface area contributed by atoms with E-state index in [0.717, 1.165) is 12.4 Å². The van der Waals surface area contributed by atoms with Gasteiger partial charge >= 0.3 is 76.7 Å². The Labute approximate surface area is 76.8 Å². The van der Waals surface area contributed by atoms with E-state index in [4.69, 9.17) is 6.15 Å². The average Bonchev–Trinajstić information content (AvgIpc) is 2.04. The molecule has 56 valence electrons. The summed E-state index contributed by atoms with van der Waals surface area (Å²) in [6.07, 6.45) is 0. The molecule has 0 N–H and O–H groups in total. The third-order valence-electron chi connectivity index (χ3n) is 1.65. The Balaban J connectivity index is 2.43. The van der Waals surface area contributed by atoms with Crippen molar-refractivity contribution in [3.05, 3.63) is 29.3 Å². The molecule has 2 radical (unpaired) electrons. The standard InChI is InChI=1S/C8H9O2.Sn/c1-6-2-3-8(10)7(4-6)5-9;/h2-4,10H,5H2,1H3;/q-1;+2/p-1. The van der Waals surface area contributed by atoms with Gasteiger partial charge < -0.3 is 0 Å². The van der Waals surface area contributed by atoms with E-state index in [1.807, 2.05) is 6.07 Å². The van der Waals surface area contributed by atoms with Crippen LogP contribution in [0.3, 0.4) is 0 Å². The van der Waals surface area contributed by atoms with Crippen molar-refractivity contribution in [1.29, 1.82) is 0 Å². The molecule has 1 aromatic carbocycles. The second kappa shape index (κ2) is 3.03. The van der Waals surface area contributed by atoms with Gasteiger partial charge in [0.05, 0.1) is 0 Å². The minimum absolute atomic E-state index is 0.753. The van der Waals surface area contributed by atoms with Crippen LogP contribution in [0.4, 0.5) is 0 Å². The van der Waals surface area contributed by atoms with Crippen LogP contribution in [-0.2, 0) is 9.68 Å². The predicted molar refractivity (Wildman–Crippen MR) is 42.4 cm³/mol. The topological polar surface area (TPSA) is 18.5 Å². The van der Waals surface area contributed by atoms with Crippen molar-refractivity contribution in [3.63, 3.8) is 0 Å². The first-order valence-electron chi connectivity index (χ1n) is 3.49. The summed E-state index contributed by atoms with van der Waals surface area (Å²) >= 11 is -0.958. The molecule has 1 aliphatic heterocycles. The van der Waals surface area contributed by atoms with Crippen LogP contribution in [0.1, 0.15) is 11.1 Å². The van der Waals surface area contributed by atoms with Gasteiger partial charge in [0.15, 0.2) is 0 Å². The van der Waals surface area contributed by atoms with E-state index in [1.54, 1.807) is 0 Å². The molecule has 0 amide bonds. The summed E-state index contributed by atoms with van der Waals surface area (Å²) in [6.45, 7) is 2.83. The van der Waals surface area contributed by atoms with Gasteiger partial charge in [0.1, 0.15) is 0 Å². The Bertz CT molecular complexity index is 273. The predicted octanol–water partition coefficient (Wildman–Crippen LogP) is 1.44. The van der Waals surface area contributed by atoms with Gasteiger partial charge in [0.2, 0.25) is 0 Å². The summed E-state index contributed by atoms with van der Waals surface area (Å²) in [5.74, 6) is 1.04. The molecule has 3 heteroatoms. The number of fused-ring (bicyclic) bond motifs is 1. The SMILES string of the molecule is Cc1ccc2c(c1)C[O][Sn][O]2. The van der Waals surface area contributed by atoms with Gasteiger partial charge in [-0.15, -0.1) is 0 Å². The maximum atomic E-state index is 5.43. The third kappa shape index (κ3) is 1.51. The molecule has 0 aromatic heterocycles. The molecule has 1 heterocycles. The second-order valence-corrected chi connectivity index (χ2v) is 4.47. The Kier molecular flexibility index (Phi) is 2.04. The minimum atomic E-state index is -0.958. The number of aryl methyl sites for hydroxylation is 1. The molecular weight excluding hydrogens is 247 g/mol. The van der Waals surface area contributed by atoms with E-state index in [-0.39, 0.29) is 0 Å². The normalized spacial score (nSPS) is 15.4. The van der Waals surface area contributed by atoms with Gasteiger partial charge in [-0.2, -0.15) is 0 Å². The van der Waals surface area contributed by atoms with Crippen molar-refractivity contribution < 1.29 is 6.15 Å². The van der Waals surface area contributed by atoms with Gasteiger partial charge in [-0.3, -0.25) is 0 Å². The molecule has 0 spiro atoms.